The topological polar surface area (TPSA) is 26.7 Å². The molecule has 1 saturated heterocycles. The Morgan fingerprint density at radius 3 is 2.67 bits per heavy atom. The van der Waals surface area contributed by atoms with E-state index in [0.717, 1.165) is 24.0 Å². The standard InChI is InChI=1S/C14H21BrN2O/c1-11-8-12(4-5-13(11)15)17-7-6-14(9-17,10-18)16(2)3/h4-5,8,18H,6-7,9-10H2,1-3H3. The molecule has 100 valence electrons. The lowest BCUT2D eigenvalue weighted by Gasteiger charge is -2.34. The number of rotatable bonds is 3. The first kappa shape index (κ1) is 13.8. The van der Waals surface area contributed by atoms with Crippen molar-refractivity contribution in [2.24, 2.45) is 0 Å². The van der Waals surface area contributed by atoms with Gasteiger partial charge >= 0.3 is 0 Å². The van der Waals surface area contributed by atoms with Gasteiger partial charge in [-0.05, 0) is 51.2 Å². The van der Waals surface area contributed by atoms with Gasteiger partial charge in [-0.3, -0.25) is 4.90 Å². The monoisotopic (exact) mass is 312 g/mol. The molecule has 0 bridgehead atoms. The van der Waals surface area contributed by atoms with Crippen molar-refractivity contribution in [3.8, 4) is 0 Å². The number of hydrogen-bond acceptors (Lipinski definition) is 3. The number of hydrogen-bond donors (Lipinski definition) is 1. The molecule has 1 atom stereocenters. The van der Waals surface area contributed by atoms with Crippen molar-refractivity contribution < 1.29 is 5.11 Å². The van der Waals surface area contributed by atoms with E-state index in [9.17, 15) is 5.11 Å². The Morgan fingerprint density at radius 2 is 2.17 bits per heavy atom. The van der Waals surface area contributed by atoms with Gasteiger partial charge in [0.2, 0.25) is 0 Å². The summed E-state index contributed by atoms with van der Waals surface area (Å²) in [6, 6.07) is 6.44. The van der Waals surface area contributed by atoms with Crippen molar-refractivity contribution in [2.75, 3.05) is 38.7 Å². The van der Waals surface area contributed by atoms with Crippen molar-refractivity contribution in [1.29, 1.82) is 0 Å². The summed E-state index contributed by atoms with van der Waals surface area (Å²) >= 11 is 3.53. The molecule has 1 aliphatic rings. The van der Waals surface area contributed by atoms with E-state index in [1.807, 2.05) is 14.1 Å². The quantitative estimate of drug-likeness (QED) is 0.927. The molecule has 1 aromatic rings. The van der Waals surface area contributed by atoms with Crippen LogP contribution in [0.4, 0.5) is 5.69 Å². The second kappa shape index (κ2) is 5.19. The van der Waals surface area contributed by atoms with Gasteiger partial charge in [0, 0.05) is 23.2 Å². The summed E-state index contributed by atoms with van der Waals surface area (Å²) < 4.78 is 1.14. The number of halogens is 1. The van der Waals surface area contributed by atoms with Crippen LogP contribution in [0.3, 0.4) is 0 Å². The van der Waals surface area contributed by atoms with Crippen LogP contribution in [0.25, 0.3) is 0 Å². The number of aryl methyl sites for hydroxylation is 1. The van der Waals surface area contributed by atoms with Crippen molar-refractivity contribution in [2.45, 2.75) is 18.9 Å². The third-order valence-electron chi connectivity index (χ3n) is 4.08. The second-order valence-electron chi connectivity index (χ2n) is 5.38. The summed E-state index contributed by atoms with van der Waals surface area (Å²) in [7, 11) is 4.10. The molecule has 1 aliphatic heterocycles. The Labute approximate surface area is 118 Å². The van der Waals surface area contributed by atoms with Gasteiger partial charge in [-0.2, -0.15) is 0 Å². The maximum Gasteiger partial charge on any atom is 0.0633 e. The van der Waals surface area contributed by atoms with E-state index in [0.29, 0.717) is 0 Å². The Morgan fingerprint density at radius 1 is 1.44 bits per heavy atom. The summed E-state index contributed by atoms with van der Waals surface area (Å²) in [6.07, 6.45) is 1.01. The number of benzene rings is 1. The predicted molar refractivity (Wildman–Crippen MR) is 79.2 cm³/mol. The average molecular weight is 313 g/mol. The summed E-state index contributed by atoms with van der Waals surface area (Å²) in [4.78, 5) is 4.51. The van der Waals surface area contributed by atoms with E-state index in [1.165, 1.54) is 11.3 Å². The van der Waals surface area contributed by atoms with E-state index in [4.69, 9.17) is 0 Å². The van der Waals surface area contributed by atoms with E-state index >= 15 is 0 Å². The fourth-order valence-electron chi connectivity index (χ4n) is 2.54. The Hall–Kier alpha value is -0.580. The van der Waals surface area contributed by atoms with E-state index in [2.05, 4.69) is 50.9 Å². The van der Waals surface area contributed by atoms with Gasteiger partial charge in [0.15, 0.2) is 0 Å². The Balaban J connectivity index is 2.19. The van der Waals surface area contributed by atoms with Crippen molar-refractivity contribution in [3.63, 3.8) is 0 Å². The van der Waals surface area contributed by atoms with Crippen molar-refractivity contribution >= 4 is 21.6 Å². The Kier molecular flexibility index (Phi) is 3.99. The molecule has 18 heavy (non-hydrogen) atoms. The van der Waals surface area contributed by atoms with Crippen LogP contribution in [0.15, 0.2) is 22.7 Å². The normalized spacial score (nSPS) is 24.0. The zero-order valence-corrected chi connectivity index (χ0v) is 12.9. The lowest BCUT2D eigenvalue weighted by Crippen LogP contribution is -2.49. The number of nitrogens with zero attached hydrogens (tertiary/aromatic N) is 2. The number of anilines is 1. The lowest BCUT2D eigenvalue weighted by atomic mass is 9.99. The number of aliphatic hydroxyl groups excluding tert-OH is 1. The van der Waals surface area contributed by atoms with E-state index in [1.54, 1.807) is 0 Å². The molecule has 1 N–H and O–H groups in total. The largest absolute Gasteiger partial charge is 0.394 e. The molecule has 1 aromatic carbocycles. The van der Waals surface area contributed by atoms with Crippen LogP contribution in [0, 0.1) is 6.92 Å². The molecular weight excluding hydrogens is 292 g/mol. The van der Waals surface area contributed by atoms with Gasteiger partial charge < -0.3 is 10.0 Å². The highest BCUT2D eigenvalue weighted by Crippen LogP contribution is 2.31. The second-order valence-corrected chi connectivity index (χ2v) is 6.24. The van der Waals surface area contributed by atoms with Gasteiger partial charge in [0.05, 0.1) is 12.1 Å². The molecule has 0 aliphatic carbocycles. The zero-order valence-electron chi connectivity index (χ0n) is 11.3. The SMILES string of the molecule is Cc1cc(N2CCC(CO)(N(C)C)C2)ccc1Br. The molecule has 2 rings (SSSR count). The molecular formula is C14H21BrN2O. The first-order chi connectivity index (χ1) is 8.48. The summed E-state index contributed by atoms with van der Waals surface area (Å²) in [5.74, 6) is 0. The molecule has 0 radical (unpaired) electrons. The van der Waals surface area contributed by atoms with Gasteiger partial charge in [0.1, 0.15) is 0 Å². The molecule has 3 nitrogen and oxygen atoms in total. The highest BCUT2D eigenvalue weighted by atomic mass is 79.9. The fraction of sp³-hybridized carbons (Fsp3) is 0.571. The van der Waals surface area contributed by atoms with Gasteiger partial charge in [-0.15, -0.1) is 0 Å². The van der Waals surface area contributed by atoms with Crippen molar-refractivity contribution in [1.82, 2.24) is 4.90 Å². The average Bonchev–Trinajstić information content (AvgIpc) is 2.78. The molecule has 0 amide bonds. The van der Waals surface area contributed by atoms with Crippen LogP contribution in [0.1, 0.15) is 12.0 Å². The van der Waals surface area contributed by atoms with Crippen LogP contribution in [0.5, 0.6) is 0 Å². The minimum absolute atomic E-state index is 0.0963. The van der Waals surface area contributed by atoms with E-state index < -0.39 is 0 Å². The number of aliphatic hydroxyl groups is 1. The van der Waals surface area contributed by atoms with Crippen LogP contribution in [0.2, 0.25) is 0 Å². The maximum absolute atomic E-state index is 9.67. The summed E-state index contributed by atoms with van der Waals surface area (Å²) in [5, 5.41) is 9.67. The summed E-state index contributed by atoms with van der Waals surface area (Å²) in [5.41, 5.74) is 2.40. The predicted octanol–water partition coefficient (Wildman–Crippen LogP) is 2.26. The van der Waals surface area contributed by atoms with Crippen LogP contribution in [-0.4, -0.2) is 49.3 Å². The molecule has 1 fully saturated rings. The fourth-order valence-corrected chi connectivity index (χ4v) is 2.78. The third kappa shape index (κ3) is 2.42. The first-order valence-corrected chi connectivity index (χ1v) is 7.07. The molecule has 0 saturated carbocycles. The van der Waals surface area contributed by atoms with Crippen molar-refractivity contribution in [3.05, 3.63) is 28.2 Å². The highest BCUT2D eigenvalue weighted by Gasteiger charge is 2.39. The molecule has 0 spiro atoms. The van der Waals surface area contributed by atoms with Crippen LogP contribution in [-0.2, 0) is 0 Å². The van der Waals surface area contributed by atoms with Crippen LogP contribution >= 0.6 is 15.9 Å². The van der Waals surface area contributed by atoms with Gasteiger partial charge in [-0.1, -0.05) is 15.9 Å². The molecule has 0 aromatic heterocycles. The highest BCUT2D eigenvalue weighted by molar-refractivity contribution is 9.10. The molecule has 4 heteroatoms. The first-order valence-electron chi connectivity index (χ1n) is 6.28. The van der Waals surface area contributed by atoms with Gasteiger partial charge in [-0.25, -0.2) is 0 Å². The van der Waals surface area contributed by atoms with Crippen LogP contribution < -0.4 is 4.90 Å². The van der Waals surface area contributed by atoms with E-state index in [-0.39, 0.29) is 12.1 Å². The minimum Gasteiger partial charge on any atom is -0.394 e. The van der Waals surface area contributed by atoms with Gasteiger partial charge in [0.25, 0.3) is 0 Å². The summed E-state index contributed by atoms with van der Waals surface area (Å²) in [6.45, 7) is 4.21. The number of likely N-dealkylation sites (N-methyl/N-ethyl adjacent to an activating group) is 1. The lowest BCUT2D eigenvalue weighted by molar-refractivity contribution is 0.0867. The zero-order chi connectivity index (χ0) is 13.3. The maximum atomic E-state index is 9.67. The molecule has 1 heterocycles. The third-order valence-corrected chi connectivity index (χ3v) is 4.97. The Bertz CT molecular complexity index is 436. The molecule has 1 unspecified atom stereocenters. The minimum atomic E-state index is -0.0963. The smallest absolute Gasteiger partial charge is 0.0633 e.